The minimum Gasteiger partial charge on any atom is -0.478 e. The fraction of sp³-hybridized carbons (Fsp3) is 0.591. The van der Waals surface area contributed by atoms with E-state index in [1.165, 1.54) is 0 Å². The lowest BCUT2D eigenvalue weighted by Crippen LogP contribution is -2.50. The first-order valence-corrected chi connectivity index (χ1v) is 10.5. The lowest BCUT2D eigenvalue weighted by molar-refractivity contribution is 0.0240. The maximum atomic E-state index is 12.3. The van der Waals surface area contributed by atoms with Crippen molar-refractivity contribution in [1.82, 2.24) is 14.5 Å². The summed E-state index contributed by atoms with van der Waals surface area (Å²) in [5.74, 6) is -0.206. The minimum absolute atomic E-state index is 0.0626. The number of carbonyl (C=O) groups is 2. The summed E-state index contributed by atoms with van der Waals surface area (Å²) < 4.78 is 12.7. The van der Waals surface area contributed by atoms with Crippen LogP contribution in [0.1, 0.15) is 49.8 Å². The van der Waals surface area contributed by atoms with Gasteiger partial charge < -0.3 is 28.9 Å². The van der Waals surface area contributed by atoms with Gasteiger partial charge in [-0.05, 0) is 46.8 Å². The number of anilines is 1. The summed E-state index contributed by atoms with van der Waals surface area (Å²) in [4.78, 5) is 32.8. The van der Waals surface area contributed by atoms with Crippen molar-refractivity contribution in [1.29, 1.82) is 0 Å². The van der Waals surface area contributed by atoms with Crippen LogP contribution in [0.2, 0.25) is 0 Å². The number of hydrogen-bond acceptors (Lipinski definition) is 6. The molecule has 31 heavy (non-hydrogen) atoms. The highest BCUT2D eigenvalue weighted by molar-refractivity contribution is 6.04. The van der Waals surface area contributed by atoms with Crippen molar-refractivity contribution in [2.75, 3.05) is 44.8 Å². The number of fused-ring (bicyclic) bond motifs is 1. The Kier molecular flexibility index (Phi) is 6.45. The molecule has 2 aromatic rings. The number of pyridine rings is 1. The molecule has 0 aromatic carbocycles. The van der Waals surface area contributed by atoms with Crippen molar-refractivity contribution < 1.29 is 24.2 Å². The minimum atomic E-state index is -0.966. The number of aromatic carboxylic acids is 1. The van der Waals surface area contributed by atoms with Crippen LogP contribution in [-0.2, 0) is 9.47 Å². The highest BCUT2D eigenvalue weighted by atomic mass is 16.6. The van der Waals surface area contributed by atoms with Crippen molar-refractivity contribution in [3.63, 3.8) is 0 Å². The van der Waals surface area contributed by atoms with E-state index in [1.807, 2.05) is 44.4 Å². The maximum absolute atomic E-state index is 12.3. The standard InChI is InChI=1S/C22H32N4O5/c1-14(13-30-6)26-15(2)18(20(27)28)16-7-8-17(23-19(16)26)24-9-11-25(12-10-24)21(29)31-22(3,4)5/h7-8,14H,9-13H2,1-6H3,(H,27,28). The fourth-order valence-electron chi connectivity index (χ4n) is 4.04. The van der Waals surface area contributed by atoms with Gasteiger partial charge in [-0.1, -0.05) is 0 Å². The van der Waals surface area contributed by atoms with Crippen LogP contribution >= 0.6 is 0 Å². The molecular formula is C22H32N4O5. The van der Waals surface area contributed by atoms with E-state index in [0.29, 0.717) is 49.5 Å². The first-order valence-electron chi connectivity index (χ1n) is 10.5. The van der Waals surface area contributed by atoms with E-state index in [9.17, 15) is 14.7 Å². The molecule has 2 aromatic heterocycles. The lowest BCUT2D eigenvalue weighted by Gasteiger charge is -2.36. The molecule has 1 aliphatic heterocycles. The average Bonchev–Trinajstić information content (AvgIpc) is 2.98. The van der Waals surface area contributed by atoms with Gasteiger partial charge in [-0.3, -0.25) is 0 Å². The summed E-state index contributed by atoms with van der Waals surface area (Å²) in [6.07, 6.45) is -0.306. The van der Waals surface area contributed by atoms with Crippen molar-refractivity contribution in [3.8, 4) is 0 Å². The number of ether oxygens (including phenoxy) is 2. The van der Waals surface area contributed by atoms with Crippen molar-refractivity contribution in [2.45, 2.75) is 46.3 Å². The van der Waals surface area contributed by atoms with Gasteiger partial charge in [-0.25, -0.2) is 14.6 Å². The van der Waals surface area contributed by atoms with Gasteiger partial charge in [-0.15, -0.1) is 0 Å². The summed E-state index contributed by atoms with van der Waals surface area (Å²) >= 11 is 0. The maximum Gasteiger partial charge on any atom is 0.410 e. The molecule has 0 bridgehead atoms. The third kappa shape index (κ3) is 4.76. The molecule has 0 radical (unpaired) electrons. The van der Waals surface area contributed by atoms with E-state index >= 15 is 0 Å². The number of rotatable bonds is 5. The third-order valence-corrected chi connectivity index (χ3v) is 5.40. The number of piperazine rings is 1. The van der Waals surface area contributed by atoms with Crippen LogP contribution < -0.4 is 4.90 Å². The van der Waals surface area contributed by atoms with Gasteiger partial charge in [0.05, 0.1) is 18.2 Å². The Labute approximate surface area is 182 Å². The second-order valence-corrected chi connectivity index (χ2v) is 8.93. The van der Waals surface area contributed by atoms with Crippen LogP contribution in [-0.4, -0.2) is 77.1 Å². The van der Waals surface area contributed by atoms with Gasteiger partial charge in [0.2, 0.25) is 0 Å². The zero-order valence-corrected chi connectivity index (χ0v) is 19.1. The molecule has 1 unspecified atom stereocenters. The van der Waals surface area contributed by atoms with Crippen LogP contribution in [0.25, 0.3) is 11.0 Å². The number of carboxylic acid groups (broad SMARTS) is 1. The van der Waals surface area contributed by atoms with E-state index in [-0.39, 0.29) is 17.7 Å². The van der Waals surface area contributed by atoms with Gasteiger partial charge >= 0.3 is 12.1 Å². The molecule has 3 rings (SSSR count). The molecule has 170 valence electrons. The molecule has 0 spiro atoms. The number of nitrogens with zero attached hydrogens (tertiary/aromatic N) is 4. The Morgan fingerprint density at radius 1 is 1.19 bits per heavy atom. The number of carbonyl (C=O) groups excluding carboxylic acids is 1. The van der Waals surface area contributed by atoms with Gasteiger partial charge in [0.25, 0.3) is 0 Å². The third-order valence-electron chi connectivity index (χ3n) is 5.40. The van der Waals surface area contributed by atoms with Gasteiger partial charge in [0.1, 0.15) is 17.1 Å². The number of methoxy groups -OCH3 is 1. The number of carboxylic acids is 1. The van der Waals surface area contributed by atoms with Crippen LogP contribution in [0.5, 0.6) is 0 Å². The summed E-state index contributed by atoms with van der Waals surface area (Å²) in [7, 11) is 1.62. The normalized spacial score (nSPS) is 15.9. The second-order valence-electron chi connectivity index (χ2n) is 8.93. The molecule has 1 atom stereocenters. The molecule has 9 heteroatoms. The largest absolute Gasteiger partial charge is 0.478 e. The van der Waals surface area contributed by atoms with Gasteiger partial charge in [0, 0.05) is 44.4 Å². The van der Waals surface area contributed by atoms with E-state index in [1.54, 1.807) is 18.9 Å². The summed E-state index contributed by atoms with van der Waals surface area (Å²) in [5, 5.41) is 10.4. The predicted molar refractivity (Wildman–Crippen MR) is 118 cm³/mol. The van der Waals surface area contributed by atoms with Crippen LogP contribution in [0.4, 0.5) is 10.6 Å². The van der Waals surface area contributed by atoms with Crippen molar-refractivity contribution in [3.05, 3.63) is 23.4 Å². The summed E-state index contributed by atoms with van der Waals surface area (Å²) in [6.45, 7) is 12.1. The van der Waals surface area contributed by atoms with Crippen LogP contribution in [0.15, 0.2) is 12.1 Å². The number of aromatic nitrogens is 2. The van der Waals surface area contributed by atoms with Crippen LogP contribution in [0.3, 0.4) is 0 Å². The van der Waals surface area contributed by atoms with E-state index in [2.05, 4.69) is 4.90 Å². The Balaban J connectivity index is 1.87. The molecule has 1 amide bonds. The predicted octanol–water partition coefficient (Wildman–Crippen LogP) is 3.31. The highest BCUT2D eigenvalue weighted by Gasteiger charge is 2.28. The Morgan fingerprint density at radius 3 is 2.39 bits per heavy atom. The molecule has 1 saturated heterocycles. The topological polar surface area (TPSA) is 97.1 Å². The Bertz CT molecular complexity index is 970. The second kappa shape index (κ2) is 8.74. The van der Waals surface area contributed by atoms with Crippen molar-refractivity contribution in [2.24, 2.45) is 0 Å². The molecule has 0 aliphatic carbocycles. The highest BCUT2D eigenvalue weighted by Crippen LogP contribution is 2.30. The fourth-order valence-corrected chi connectivity index (χ4v) is 4.04. The SMILES string of the molecule is COCC(C)n1c(C)c(C(=O)O)c2ccc(N3CCN(C(=O)OC(C)(C)C)CC3)nc21. The van der Waals surface area contributed by atoms with Gasteiger partial charge in [0.15, 0.2) is 0 Å². The van der Waals surface area contributed by atoms with Gasteiger partial charge in [-0.2, -0.15) is 0 Å². The molecule has 3 heterocycles. The zero-order chi connectivity index (χ0) is 22.9. The first kappa shape index (κ1) is 22.9. The Morgan fingerprint density at radius 2 is 1.84 bits per heavy atom. The molecule has 1 N–H and O–H groups in total. The molecule has 0 saturated carbocycles. The quantitative estimate of drug-likeness (QED) is 0.774. The summed E-state index contributed by atoms with van der Waals surface area (Å²) in [6, 6.07) is 3.61. The molecule has 9 nitrogen and oxygen atoms in total. The molecule has 1 fully saturated rings. The molecular weight excluding hydrogens is 400 g/mol. The van der Waals surface area contributed by atoms with Crippen LogP contribution in [0, 0.1) is 6.92 Å². The van der Waals surface area contributed by atoms with E-state index in [0.717, 1.165) is 5.82 Å². The lowest BCUT2D eigenvalue weighted by atomic mass is 10.1. The first-order chi connectivity index (χ1) is 14.5. The average molecular weight is 433 g/mol. The number of amides is 1. The van der Waals surface area contributed by atoms with Crippen molar-refractivity contribution >= 4 is 28.9 Å². The number of hydrogen-bond donors (Lipinski definition) is 1. The molecule has 1 aliphatic rings. The smallest absolute Gasteiger partial charge is 0.410 e. The Hall–Kier alpha value is -2.81. The van der Waals surface area contributed by atoms with E-state index in [4.69, 9.17) is 14.5 Å². The zero-order valence-electron chi connectivity index (χ0n) is 19.1. The summed E-state index contributed by atoms with van der Waals surface area (Å²) in [5.41, 5.74) is 1.04. The monoisotopic (exact) mass is 432 g/mol. The van der Waals surface area contributed by atoms with E-state index < -0.39 is 11.6 Å².